The lowest BCUT2D eigenvalue weighted by atomic mass is 9.94. The molecule has 0 fully saturated rings. The van der Waals surface area contributed by atoms with Crippen molar-refractivity contribution in [3.63, 3.8) is 0 Å². The van der Waals surface area contributed by atoms with Gasteiger partial charge in [0.2, 0.25) is 0 Å². The van der Waals surface area contributed by atoms with E-state index in [0.717, 1.165) is 27.5 Å². The van der Waals surface area contributed by atoms with Gasteiger partial charge < -0.3 is 4.57 Å². The third-order valence-electron chi connectivity index (χ3n) is 11.1. The Balaban J connectivity index is 1.04. The number of fused-ring (bicyclic) bond motifs is 9. The van der Waals surface area contributed by atoms with Crippen molar-refractivity contribution in [3.8, 4) is 50.2 Å². The van der Waals surface area contributed by atoms with Gasteiger partial charge >= 0.3 is 0 Å². The van der Waals surface area contributed by atoms with Gasteiger partial charge in [-0.3, -0.25) is 9.97 Å². The van der Waals surface area contributed by atoms with Crippen LogP contribution in [0.2, 0.25) is 0 Å². The molecular weight excluding hydrogens is 667 g/mol. The minimum atomic E-state index is 0.937. The zero-order valence-corrected chi connectivity index (χ0v) is 29.9. The van der Waals surface area contributed by atoms with E-state index in [4.69, 9.17) is 9.97 Å². The first kappa shape index (κ1) is 31.2. The quantitative estimate of drug-likeness (QED) is 0.167. The molecule has 0 aliphatic carbocycles. The van der Waals surface area contributed by atoms with Crippen molar-refractivity contribution in [3.05, 3.63) is 200 Å². The Morgan fingerprint density at radius 1 is 0.273 bits per heavy atom. The van der Waals surface area contributed by atoms with Crippen LogP contribution in [0.3, 0.4) is 0 Å². The van der Waals surface area contributed by atoms with Crippen molar-refractivity contribution in [2.24, 2.45) is 0 Å². The average molecular weight is 700 g/mol. The third kappa shape index (κ3) is 5.20. The van der Waals surface area contributed by atoms with Crippen molar-refractivity contribution in [2.75, 3.05) is 0 Å². The molecule has 9 aromatic carbocycles. The normalized spacial score (nSPS) is 11.6. The summed E-state index contributed by atoms with van der Waals surface area (Å²) < 4.78 is 2.39. The van der Waals surface area contributed by atoms with Crippen LogP contribution in [0.1, 0.15) is 0 Å². The van der Waals surface area contributed by atoms with Crippen molar-refractivity contribution in [2.45, 2.75) is 0 Å². The van der Waals surface area contributed by atoms with E-state index >= 15 is 0 Å². The van der Waals surface area contributed by atoms with Crippen molar-refractivity contribution < 1.29 is 0 Å². The Kier molecular flexibility index (Phi) is 7.17. The molecule has 0 radical (unpaired) electrons. The highest BCUT2D eigenvalue weighted by Gasteiger charge is 2.16. The summed E-state index contributed by atoms with van der Waals surface area (Å²) in [5.41, 5.74) is 15.0. The predicted molar refractivity (Wildman–Crippen MR) is 231 cm³/mol. The van der Waals surface area contributed by atoms with Crippen LogP contribution in [0.5, 0.6) is 0 Å². The van der Waals surface area contributed by atoms with Crippen LogP contribution in [0.4, 0.5) is 0 Å². The fourth-order valence-electron chi connectivity index (χ4n) is 8.41. The summed E-state index contributed by atoms with van der Waals surface area (Å²) in [4.78, 5) is 9.47. The maximum atomic E-state index is 4.76. The molecule has 2 aromatic heterocycles. The molecule has 2 heterocycles. The largest absolute Gasteiger partial charge is 0.309 e. The highest BCUT2D eigenvalue weighted by atomic mass is 15.0. The summed E-state index contributed by atoms with van der Waals surface area (Å²) in [7, 11) is 0. The van der Waals surface area contributed by atoms with Gasteiger partial charge in [0, 0.05) is 39.6 Å². The van der Waals surface area contributed by atoms with E-state index in [1.165, 1.54) is 77.1 Å². The second kappa shape index (κ2) is 12.6. The Morgan fingerprint density at radius 2 is 0.691 bits per heavy atom. The van der Waals surface area contributed by atoms with Crippen LogP contribution in [-0.2, 0) is 0 Å². The Labute approximate surface area is 318 Å². The predicted octanol–water partition coefficient (Wildman–Crippen LogP) is 13.7. The van der Waals surface area contributed by atoms with Gasteiger partial charge in [0.25, 0.3) is 0 Å². The zero-order valence-electron chi connectivity index (χ0n) is 29.9. The minimum absolute atomic E-state index is 0.937. The molecule has 0 spiro atoms. The first-order valence-electron chi connectivity index (χ1n) is 18.7. The average Bonchev–Trinajstić information content (AvgIpc) is 3.60. The monoisotopic (exact) mass is 699 g/mol. The molecule has 256 valence electrons. The van der Waals surface area contributed by atoms with Crippen molar-refractivity contribution in [1.82, 2.24) is 14.5 Å². The number of para-hydroxylation sites is 1. The Morgan fingerprint density at radius 3 is 1.33 bits per heavy atom. The van der Waals surface area contributed by atoms with Gasteiger partial charge in [-0.15, -0.1) is 0 Å². The smallest absolute Gasteiger partial charge is 0.0971 e. The van der Waals surface area contributed by atoms with E-state index in [2.05, 4.69) is 193 Å². The number of rotatable bonds is 5. The topological polar surface area (TPSA) is 30.7 Å². The lowest BCUT2D eigenvalue weighted by molar-refractivity contribution is 1.18. The molecule has 0 N–H and O–H groups in total. The van der Waals surface area contributed by atoms with E-state index < -0.39 is 0 Å². The maximum absolute atomic E-state index is 4.76. The standard InChI is InChI=1S/C52H33N3/c1-3-10-34(11-4-1)35-18-20-36(21-19-35)39-23-26-49-47(32-39)48-33-41(24-27-50(48)55(49)42-14-5-2-6-15-42)38-13-9-12-37(30-38)40-22-25-45-46(31-40)43-16-7-8-17-44(43)51-52(45)54-29-28-53-51/h1-33H. The highest BCUT2D eigenvalue weighted by molar-refractivity contribution is 6.23. The van der Waals surface area contributed by atoms with Gasteiger partial charge in [-0.25, -0.2) is 0 Å². The summed E-state index contributed by atoms with van der Waals surface area (Å²) in [6.07, 6.45) is 3.56. The lowest BCUT2D eigenvalue weighted by Crippen LogP contribution is -1.93. The molecule has 0 saturated heterocycles. The number of aromatic nitrogens is 3. The second-order valence-electron chi connectivity index (χ2n) is 14.2. The first-order valence-corrected chi connectivity index (χ1v) is 18.7. The molecule has 3 nitrogen and oxygen atoms in total. The summed E-state index contributed by atoms with van der Waals surface area (Å²) in [6, 6.07) is 68.2. The second-order valence-corrected chi connectivity index (χ2v) is 14.2. The molecule has 55 heavy (non-hydrogen) atoms. The summed E-state index contributed by atoms with van der Waals surface area (Å²) >= 11 is 0. The third-order valence-corrected chi connectivity index (χ3v) is 11.1. The molecule has 11 rings (SSSR count). The lowest BCUT2D eigenvalue weighted by Gasteiger charge is -2.12. The van der Waals surface area contributed by atoms with E-state index in [9.17, 15) is 0 Å². The molecular formula is C52H33N3. The van der Waals surface area contributed by atoms with E-state index in [-0.39, 0.29) is 0 Å². The number of nitrogens with zero attached hydrogens (tertiary/aromatic N) is 3. The highest BCUT2D eigenvalue weighted by Crippen LogP contribution is 2.39. The van der Waals surface area contributed by atoms with Gasteiger partial charge in [-0.2, -0.15) is 0 Å². The minimum Gasteiger partial charge on any atom is -0.309 e. The molecule has 0 amide bonds. The van der Waals surface area contributed by atoms with Crippen molar-refractivity contribution in [1.29, 1.82) is 0 Å². The van der Waals surface area contributed by atoms with Crippen LogP contribution < -0.4 is 0 Å². The van der Waals surface area contributed by atoms with Gasteiger partial charge in [0.1, 0.15) is 0 Å². The van der Waals surface area contributed by atoms with E-state index in [0.29, 0.717) is 0 Å². The van der Waals surface area contributed by atoms with E-state index in [1.54, 1.807) is 12.4 Å². The zero-order chi connectivity index (χ0) is 36.3. The fourth-order valence-corrected chi connectivity index (χ4v) is 8.41. The number of hydrogen-bond acceptors (Lipinski definition) is 2. The Bertz CT molecular complexity index is 3200. The van der Waals surface area contributed by atoms with Gasteiger partial charge in [0.15, 0.2) is 0 Å². The van der Waals surface area contributed by atoms with Crippen molar-refractivity contribution >= 4 is 54.4 Å². The summed E-state index contributed by atoms with van der Waals surface area (Å²) in [6.45, 7) is 0. The van der Waals surface area contributed by atoms with E-state index in [1.807, 2.05) is 0 Å². The van der Waals surface area contributed by atoms with Gasteiger partial charge in [-0.05, 0) is 104 Å². The van der Waals surface area contributed by atoms with Gasteiger partial charge in [0.05, 0.1) is 22.1 Å². The van der Waals surface area contributed by atoms with Crippen LogP contribution in [0.25, 0.3) is 105 Å². The van der Waals surface area contributed by atoms with Crippen LogP contribution >= 0.6 is 0 Å². The first-order chi connectivity index (χ1) is 27.3. The maximum Gasteiger partial charge on any atom is 0.0971 e. The number of benzene rings is 9. The molecule has 0 saturated carbocycles. The van der Waals surface area contributed by atoms with Crippen LogP contribution in [0, 0.1) is 0 Å². The SMILES string of the molecule is c1ccc(-c2ccc(-c3ccc4c(c3)c3cc(-c5cccc(-c6ccc7c(c6)c6ccccc6c6nccnc76)c5)ccc3n4-c3ccccc3)cc2)cc1. The molecule has 0 bridgehead atoms. The molecule has 0 atom stereocenters. The molecule has 0 aliphatic rings. The molecule has 0 unspecified atom stereocenters. The fraction of sp³-hybridized carbons (Fsp3) is 0. The number of hydrogen-bond donors (Lipinski definition) is 0. The van der Waals surface area contributed by atoms with Crippen LogP contribution in [-0.4, -0.2) is 14.5 Å². The Hall–Kier alpha value is -7.36. The molecule has 11 aromatic rings. The van der Waals surface area contributed by atoms with Crippen LogP contribution in [0.15, 0.2) is 200 Å². The summed E-state index contributed by atoms with van der Waals surface area (Å²) in [5, 5.41) is 7.09. The molecule has 0 aliphatic heterocycles. The summed E-state index contributed by atoms with van der Waals surface area (Å²) in [5.74, 6) is 0. The molecule has 3 heteroatoms. The van der Waals surface area contributed by atoms with Gasteiger partial charge in [-0.1, -0.05) is 140 Å².